The molecule has 1 atom stereocenters. The Labute approximate surface area is 106 Å². The molecule has 0 spiro atoms. The quantitative estimate of drug-likeness (QED) is 0.879. The fraction of sp³-hybridized carbons (Fsp3) is 0.538. The second-order valence-electron chi connectivity index (χ2n) is 4.73. The first-order chi connectivity index (χ1) is 8.33. The normalized spacial score (nSPS) is 22.8. The topological polar surface area (TPSA) is 30.5 Å². The van der Waals surface area contributed by atoms with Gasteiger partial charge in [0.2, 0.25) is 6.79 Å². The highest BCUT2D eigenvalue weighted by Crippen LogP contribution is 2.40. The third-order valence-electron chi connectivity index (χ3n) is 3.41. The standard InChI is InChI=1S/C13H16ClNO2/c14-11-5-10(4-9-2-1-3-15-7-9)6-12-13(11)17-8-16-12/h5-6,9,15H,1-4,7-8H2. The SMILES string of the molecule is Clc1cc(CC2CCCNC2)cc2c1OCO2. The minimum absolute atomic E-state index is 0.281. The molecule has 1 N–H and O–H groups in total. The highest BCUT2D eigenvalue weighted by Gasteiger charge is 2.20. The van der Waals surface area contributed by atoms with Gasteiger partial charge in [0.25, 0.3) is 0 Å². The number of halogens is 1. The summed E-state index contributed by atoms with van der Waals surface area (Å²) >= 11 is 6.17. The molecule has 0 radical (unpaired) electrons. The molecule has 0 bridgehead atoms. The fourth-order valence-electron chi connectivity index (χ4n) is 2.57. The molecule has 1 aromatic rings. The largest absolute Gasteiger partial charge is 0.454 e. The van der Waals surface area contributed by atoms with Gasteiger partial charge in [-0.3, -0.25) is 0 Å². The van der Waals surface area contributed by atoms with Crippen LogP contribution in [0.1, 0.15) is 18.4 Å². The number of nitrogens with one attached hydrogen (secondary N) is 1. The highest BCUT2D eigenvalue weighted by molar-refractivity contribution is 6.32. The van der Waals surface area contributed by atoms with E-state index in [1.165, 1.54) is 18.4 Å². The summed E-state index contributed by atoms with van der Waals surface area (Å²) in [6.45, 7) is 2.54. The van der Waals surface area contributed by atoms with Crippen LogP contribution in [0.2, 0.25) is 5.02 Å². The van der Waals surface area contributed by atoms with E-state index in [1.54, 1.807) is 0 Å². The first-order valence-corrected chi connectivity index (χ1v) is 6.49. The second kappa shape index (κ2) is 4.75. The lowest BCUT2D eigenvalue weighted by Crippen LogP contribution is -2.30. The van der Waals surface area contributed by atoms with Gasteiger partial charge in [-0.1, -0.05) is 11.6 Å². The van der Waals surface area contributed by atoms with Gasteiger partial charge in [0.1, 0.15) is 0 Å². The summed E-state index contributed by atoms with van der Waals surface area (Å²) in [5.41, 5.74) is 1.24. The van der Waals surface area contributed by atoms with Crippen molar-refractivity contribution < 1.29 is 9.47 Å². The Hall–Kier alpha value is -0.930. The van der Waals surface area contributed by atoms with E-state index in [-0.39, 0.29) is 6.79 Å². The summed E-state index contributed by atoms with van der Waals surface area (Å²) in [6, 6.07) is 4.06. The van der Waals surface area contributed by atoms with Gasteiger partial charge in [-0.05, 0) is 56.0 Å². The van der Waals surface area contributed by atoms with Crippen molar-refractivity contribution in [1.29, 1.82) is 0 Å². The number of fused-ring (bicyclic) bond motifs is 1. The van der Waals surface area contributed by atoms with Gasteiger partial charge in [0.15, 0.2) is 11.5 Å². The lowest BCUT2D eigenvalue weighted by atomic mass is 9.92. The van der Waals surface area contributed by atoms with Crippen LogP contribution < -0.4 is 14.8 Å². The summed E-state index contributed by atoms with van der Waals surface area (Å²) in [5, 5.41) is 4.10. The van der Waals surface area contributed by atoms with Crippen LogP contribution in [0.3, 0.4) is 0 Å². The average Bonchev–Trinajstić information content (AvgIpc) is 2.79. The van der Waals surface area contributed by atoms with Gasteiger partial charge in [-0.15, -0.1) is 0 Å². The minimum atomic E-state index is 0.281. The molecule has 3 rings (SSSR count). The molecule has 2 aliphatic rings. The Morgan fingerprint density at radius 1 is 1.35 bits per heavy atom. The van der Waals surface area contributed by atoms with E-state index in [0.29, 0.717) is 16.7 Å². The number of rotatable bonds is 2. The molecule has 0 amide bonds. The van der Waals surface area contributed by atoms with Crippen molar-refractivity contribution in [1.82, 2.24) is 5.32 Å². The lowest BCUT2D eigenvalue weighted by Gasteiger charge is -2.22. The molecular formula is C13H16ClNO2. The maximum Gasteiger partial charge on any atom is 0.231 e. The zero-order chi connectivity index (χ0) is 11.7. The van der Waals surface area contributed by atoms with Crippen LogP contribution >= 0.6 is 11.6 Å². The van der Waals surface area contributed by atoms with E-state index < -0.39 is 0 Å². The molecule has 4 heteroatoms. The zero-order valence-corrected chi connectivity index (χ0v) is 10.4. The van der Waals surface area contributed by atoms with Gasteiger partial charge >= 0.3 is 0 Å². The molecular weight excluding hydrogens is 238 g/mol. The van der Waals surface area contributed by atoms with E-state index >= 15 is 0 Å². The monoisotopic (exact) mass is 253 g/mol. The summed E-state index contributed by atoms with van der Waals surface area (Å²) in [7, 11) is 0. The average molecular weight is 254 g/mol. The van der Waals surface area contributed by atoms with Gasteiger partial charge in [0, 0.05) is 0 Å². The number of ether oxygens (including phenoxy) is 2. The maximum absolute atomic E-state index is 6.17. The molecule has 1 aromatic carbocycles. The van der Waals surface area contributed by atoms with E-state index in [4.69, 9.17) is 21.1 Å². The Kier molecular flexibility index (Phi) is 3.12. The van der Waals surface area contributed by atoms with Crippen LogP contribution in [0.15, 0.2) is 12.1 Å². The Bertz CT molecular complexity index is 416. The third kappa shape index (κ3) is 2.35. The van der Waals surface area contributed by atoms with Crippen LogP contribution in [0.5, 0.6) is 11.5 Å². The molecule has 0 aromatic heterocycles. The van der Waals surface area contributed by atoms with Crippen molar-refractivity contribution in [2.45, 2.75) is 19.3 Å². The predicted molar refractivity (Wildman–Crippen MR) is 66.9 cm³/mol. The second-order valence-corrected chi connectivity index (χ2v) is 5.14. The van der Waals surface area contributed by atoms with E-state index in [2.05, 4.69) is 11.4 Å². The molecule has 1 fully saturated rings. The molecule has 92 valence electrons. The smallest absolute Gasteiger partial charge is 0.231 e. The van der Waals surface area contributed by atoms with E-state index in [0.717, 1.165) is 25.3 Å². The van der Waals surface area contributed by atoms with Gasteiger partial charge < -0.3 is 14.8 Å². The van der Waals surface area contributed by atoms with Crippen molar-refractivity contribution in [3.05, 3.63) is 22.7 Å². The van der Waals surface area contributed by atoms with E-state index in [1.807, 2.05) is 6.07 Å². The molecule has 3 nitrogen and oxygen atoms in total. The number of hydrogen-bond acceptors (Lipinski definition) is 3. The number of piperidine rings is 1. The molecule has 2 aliphatic heterocycles. The van der Waals surface area contributed by atoms with Crippen LogP contribution in [-0.4, -0.2) is 19.9 Å². The third-order valence-corrected chi connectivity index (χ3v) is 3.69. The number of benzene rings is 1. The minimum Gasteiger partial charge on any atom is -0.454 e. The molecule has 1 unspecified atom stereocenters. The van der Waals surface area contributed by atoms with Crippen molar-refractivity contribution in [3.8, 4) is 11.5 Å². The summed E-state index contributed by atoms with van der Waals surface area (Å²) in [6.07, 6.45) is 3.62. The first-order valence-electron chi connectivity index (χ1n) is 6.11. The maximum atomic E-state index is 6.17. The Balaban J connectivity index is 1.76. The van der Waals surface area contributed by atoms with Crippen LogP contribution in [0.4, 0.5) is 0 Å². The van der Waals surface area contributed by atoms with Gasteiger partial charge in [0.05, 0.1) is 5.02 Å². The Morgan fingerprint density at radius 3 is 3.12 bits per heavy atom. The summed E-state index contributed by atoms with van der Waals surface area (Å²) in [5.74, 6) is 2.19. The summed E-state index contributed by atoms with van der Waals surface area (Å²) < 4.78 is 10.7. The fourth-order valence-corrected chi connectivity index (χ4v) is 2.86. The lowest BCUT2D eigenvalue weighted by molar-refractivity contribution is 0.174. The molecule has 0 aliphatic carbocycles. The predicted octanol–water partition coefficient (Wildman–Crippen LogP) is 2.61. The van der Waals surface area contributed by atoms with Gasteiger partial charge in [-0.25, -0.2) is 0 Å². The van der Waals surface area contributed by atoms with E-state index in [9.17, 15) is 0 Å². The van der Waals surface area contributed by atoms with Crippen LogP contribution in [-0.2, 0) is 6.42 Å². The molecule has 1 saturated heterocycles. The van der Waals surface area contributed by atoms with Crippen LogP contribution in [0, 0.1) is 5.92 Å². The number of hydrogen-bond donors (Lipinski definition) is 1. The molecule has 2 heterocycles. The van der Waals surface area contributed by atoms with Gasteiger partial charge in [-0.2, -0.15) is 0 Å². The summed E-state index contributed by atoms with van der Waals surface area (Å²) in [4.78, 5) is 0. The highest BCUT2D eigenvalue weighted by atomic mass is 35.5. The molecule has 17 heavy (non-hydrogen) atoms. The van der Waals surface area contributed by atoms with Crippen molar-refractivity contribution >= 4 is 11.6 Å². The van der Waals surface area contributed by atoms with Crippen molar-refractivity contribution in [2.24, 2.45) is 5.92 Å². The first kappa shape index (κ1) is 11.2. The Morgan fingerprint density at radius 2 is 2.29 bits per heavy atom. The van der Waals surface area contributed by atoms with Crippen LogP contribution in [0.25, 0.3) is 0 Å². The zero-order valence-electron chi connectivity index (χ0n) is 9.67. The van der Waals surface area contributed by atoms with Crippen molar-refractivity contribution in [3.63, 3.8) is 0 Å². The molecule has 0 saturated carbocycles. The van der Waals surface area contributed by atoms with Crippen molar-refractivity contribution in [2.75, 3.05) is 19.9 Å².